The number of fused-ring (bicyclic) bond motifs is 1. The number of aromatic hydroxyl groups is 1. The van der Waals surface area contributed by atoms with E-state index in [1.807, 2.05) is 36.5 Å². The van der Waals surface area contributed by atoms with Gasteiger partial charge in [-0.3, -0.25) is 4.98 Å². The van der Waals surface area contributed by atoms with Gasteiger partial charge in [-0.1, -0.05) is 24.3 Å². The molecule has 0 fully saturated rings. The van der Waals surface area contributed by atoms with E-state index in [0.29, 0.717) is 5.75 Å². The first-order valence-corrected chi connectivity index (χ1v) is 6.17. The highest BCUT2D eigenvalue weighted by Crippen LogP contribution is 2.22. The van der Waals surface area contributed by atoms with Gasteiger partial charge < -0.3 is 10.4 Å². The molecule has 3 rings (SSSR count). The maximum Gasteiger partial charge on any atom is 0.115 e. The van der Waals surface area contributed by atoms with Crippen LogP contribution in [0.4, 0.5) is 5.69 Å². The summed E-state index contributed by atoms with van der Waals surface area (Å²) in [4.78, 5) is 4.13. The lowest BCUT2D eigenvalue weighted by molar-refractivity contribution is 0.475. The number of benzene rings is 2. The van der Waals surface area contributed by atoms with Crippen LogP contribution in [-0.4, -0.2) is 10.1 Å². The Morgan fingerprint density at radius 2 is 1.84 bits per heavy atom. The zero-order valence-electron chi connectivity index (χ0n) is 10.4. The summed E-state index contributed by atoms with van der Waals surface area (Å²) in [6, 6.07) is 15.4. The van der Waals surface area contributed by atoms with Crippen molar-refractivity contribution >= 4 is 16.5 Å². The molecule has 0 saturated carbocycles. The lowest BCUT2D eigenvalue weighted by Gasteiger charge is -2.09. The Kier molecular flexibility index (Phi) is 3.02. The average Bonchev–Trinajstić information content (AvgIpc) is 2.47. The van der Waals surface area contributed by atoms with Gasteiger partial charge in [-0.05, 0) is 29.8 Å². The van der Waals surface area contributed by atoms with Crippen LogP contribution in [0.15, 0.2) is 60.9 Å². The summed E-state index contributed by atoms with van der Waals surface area (Å²) in [6.07, 6.45) is 3.66. The van der Waals surface area contributed by atoms with E-state index in [4.69, 9.17) is 0 Å². The average molecular weight is 250 g/mol. The van der Waals surface area contributed by atoms with Crippen molar-refractivity contribution in [2.24, 2.45) is 0 Å². The quantitative estimate of drug-likeness (QED) is 0.747. The molecule has 1 heterocycles. The number of rotatable bonds is 3. The molecule has 0 spiro atoms. The maximum absolute atomic E-state index is 9.26. The van der Waals surface area contributed by atoms with Crippen LogP contribution in [0, 0.1) is 0 Å². The predicted molar refractivity (Wildman–Crippen MR) is 77.2 cm³/mol. The van der Waals surface area contributed by atoms with Gasteiger partial charge in [0.15, 0.2) is 0 Å². The van der Waals surface area contributed by atoms with Crippen molar-refractivity contribution in [3.63, 3.8) is 0 Å². The van der Waals surface area contributed by atoms with E-state index < -0.39 is 0 Å². The molecular formula is C16H14N2O. The van der Waals surface area contributed by atoms with E-state index in [0.717, 1.165) is 28.6 Å². The summed E-state index contributed by atoms with van der Waals surface area (Å²) in [6.45, 7) is 0.724. The zero-order chi connectivity index (χ0) is 13.1. The number of aromatic nitrogens is 1. The minimum atomic E-state index is 0.292. The van der Waals surface area contributed by atoms with Crippen molar-refractivity contribution in [3.05, 3.63) is 66.5 Å². The molecule has 0 unspecified atom stereocenters. The number of anilines is 1. The molecule has 0 aliphatic rings. The fourth-order valence-corrected chi connectivity index (χ4v) is 2.09. The molecule has 2 aromatic carbocycles. The van der Waals surface area contributed by atoms with Crippen LogP contribution in [0.3, 0.4) is 0 Å². The van der Waals surface area contributed by atoms with Gasteiger partial charge in [-0.25, -0.2) is 0 Å². The Balaban J connectivity index is 1.84. The van der Waals surface area contributed by atoms with Crippen molar-refractivity contribution in [1.29, 1.82) is 0 Å². The first kappa shape index (κ1) is 11.5. The number of nitrogens with zero attached hydrogens (tertiary/aromatic N) is 1. The molecule has 1 aromatic heterocycles. The smallest absolute Gasteiger partial charge is 0.115 e. The van der Waals surface area contributed by atoms with Gasteiger partial charge >= 0.3 is 0 Å². The second-order valence-corrected chi connectivity index (χ2v) is 4.42. The fraction of sp³-hybridized carbons (Fsp3) is 0.0625. The van der Waals surface area contributed by atoms with Crippen LogP contribution < -0.4 is 5.32 Å². The molecule has 0 aliphatic heterocycles. The third kappa shape index (κ3) is 2.50. The van der Waals surface area contributed by atoms with Crippen molar-refractivity contribution in [3.8, 4) is 5.75 Å². The van der Waals surface area contributed by atoms with Gasteiger partial charge in [0, 0.05) is 35.4 Å². The van der Waals surface area contributed by atoms with Crippen molar-refractivity contribution < 1.29 is 5.11 Å². The van der Waals surface area contributed by atoms with E-state index in [1.54, 1.807) is 18.3 Å². The predicted octanol–water partition coefficient (Wildman–Crippen LogP) is 3.55. The number of phenolic OH excluding ortho intramolecular Hbond substituents is 1. The third-order valence-corrected chi connectivity index (χ3v) is 3.10. The summed E-state index contributed by atoms with van der Waals surface area (Å²) < 4.78 is 0. The Bertz CT molecular complexity index is 687. The van der Waals surface area contributed by atoms with E-state index in [-0.39, 0.29) is 0 Å². The summed E-state index contributed by atoms with van der Waals surface area (Å²) >= 11 is 0. The molecule has 0 amide bonds. The van der Waals surface area contributed by atoms with Crippen molar-refractivity contribution in [2.75, 3.05) is 5.32 Å². The number of nitrogens with one attached hydrogen (secondary N) is 1. The normalized spacial score (nSPS) is 10.5. The third-order valence-electron chi connectivity index (χ3n) is 3.10. The van der Waals surface area contributed by atoms with Crippen LogP contribution >= 0.6 is 0 Å². The Morgan fingerprint density at radius 3 is 2.68 bits per heavy atom. The van der Waals surface area contributed by atoms with E-state index in [1.165, 1.54) is 0 Å². The van der Waals surface area contributed by atoms with Gasteiger partial charge in [-0.2, -0.15) is 0 Å². The Morgan fingerprint density at radius 1 is 1.00 bits per heavy atom. The molecule has 3 heteroatoms. The summed E-state index contributed by atoms with van der Waals surface area (Å²) in [5.41, 5.74) is 2.22. The molecule has 3 aromatic rings. The molecule has 19 heavy (non-hydrogen) atoms. The summed E-state index contributed by atoms with van der Waals surface area (Å²) in [7, 11) is 0. The topological polar surface area (TPSA) is 45.1 Å². The molecular weight excluding hydrogens is 236 g/mol. The van der Waals surface area contributed by atoms with E-state index >= 15 is 0 Å². The number of phenols is 1. The van der Waals surface area contributed by atoms with Crippen LogP contribution in [0.2, 0.25) is 0 Å². The van der Waals surface area contributed by atoms with Crippen LogP contribution in [0.5, 0.6) is 5.75 Å². The largest absolute Gasteiger partial charge is 0.508 e. The van der Waals surface area contributed by atoms with Crippen LogP contribution in [0.25, 0.3) is 10.8 Å². The van der Waals surface area contributed by atoms with Crippen molar-refractivity contribution in [1.82, 2.24) is 4.98 Å². The van der Waals surface area contributed by atoms with Gasteiger partial charge in [0.2, 0.25) is 0 Å². The molecule has 2 N–H and O–H groups in total. The summed E-state index contributed by atoms with van der Waals surface area (Å²) in [5.74, 6) is 0.292. The fourth-order valence-electron chi connectivity index (χ4n) is 2.09. The zero-order valence-corrected chi connectivity index (χ0v) is 10.4. The second-order valence-electron chi connectivity index (χ2n) is 4.42. The monoisotopic (exact) mass is 250 g/mol. The Hall–Kier alpha value is -2.55. The minimum absolute atomic E-state index is 0.292. The van der Waals surface area contributed by atoms with E-state index in [9.17, 15) is 5.11 Å². The molecule has 0 bridgehead atoms. The molecule has 0 radical (unpaired) electrons. The Labute approximate surface area is 111 Å². The lowest BCUT2D eigenvalue weighted by Crippen LogP contribution is -1.99. The second kappa shape index (κ2) is 4.98. The van der Waals surface area contributed by atoms with Gasteiger partial charge in [0.05, 0.1) is 0 Å². The SMILES string of the molecule is Oc1ccc(CNc2cccc3cnccc23)cc1. The number of pyridine rings is 1. The highest BCUT2D eigenvalue weighted by Gasteiger charge is 2.00. The maximum atomic E-state index is 9.26. The minimum Gasteiger partial charge on any atom is -0.508 e. The summed E-state index contributed by atoms with van der Waals surface area (Å²) in [5, 5.41) is 15.0. The lowest BCUT2D eigenvalue weighted by atomic mass is 10.1. The molecule has 0 saturated heterocycles. The van der Waals surface area contributed by atoms with E-state index in [2.05, 4.69) is 16.4 Å². The molecule has 3 nitrogen and oxygen atoms in total. The molecule has 94 valence electrons. The highest BCUT2D eigenvalue weighted by atomic mass is 16.3. The van der Waals surface area contributed by atoms with Gasteiger partial charge in [-0.15, -0.1) is 0 Å². The van der Waals surface area contributed by atoms with Crippen molar-refractivity contribution in [2.45, 2.75) is 6.54 Å². The highest BCUT2D eigenvalue weighted by molar-refractivity contribution is 5.93. The van der Waals surface area contributed by atoms with Gasteiger partial charge in [0.25, 0.3) is 0 Å². The van der Waals surface area contributed by atoms with Crippen LogP contribution in [0.1, 0.15) is 5.56 Å². The first-order chi connectivity index (χ1) is 9.33. The standard InChI is InChI=1S/C16H14N2O/c19-14-6-4-12(5-7-14)10-18-16-3-1-2-13-11-17-9-8-15(13)16/h1-9,11,18-19H,10H2. The molecule has 0 aliphatic carbocycles. The van der Waals surface area contributed by atoms with Crippen LogP contribution in [-0.2, 0) is 6.54 Å². The first-order valence-electron chi connectivity index (χ1n) is 6.17. The number of hydrogen-bond acceptors (Lipinski definition) is 3. The van der Waals surface area contributed by atoms with Gasteiger partial charge in [0.1, 0.15) is 5.75 Å². The number of hydrogen-bond donors (Lipinski definition) is 2. The molecule has 0 atom stereocenters.